The van der Waals surface area contributed by atoms with Gasteiger partial charge in [0.2, 0.25) is 0 Å². The summed E-state index contributed by atoms with van der Waals surface area (Å²) in [4.78, 5) is 24.2. The summed E-state index contributed by atoms with van der Waals surface area (Å²) in [7, 11) is 0. The summed E-state index contributed by atoms with van der Waals surface area (Å²) >= 11 is 1.75. The molecule has 0 fully saturated rings. The molecule has 1 N–H and O–H groups in total. The minimum Gasteiger partial charge on any atom is -0.460 e. The zero-order valence-corrected chi connectivity index (χ0v) is 17.6. The number of benzene rings is 1. The van der Waals surface area contributed by atoms with Gasteiger partial charge in [-0.25, -0.2) is 9.59 Å². The van der Waals surface area contributed by atoms with Gasteiger partial charge in [-0.05, 0) is 45.4 Å². The highest BCUT2D eigenvalue weighted by molar-refractivity contribution is 8.00. The van der Waals surface area contributed by atoms with Gasteiger partial charge in [-0.3, -0.25) is 0 Å². The lowest BCUT2D eigenvalue weighted by Gasteiger charge is -2.27. The molecule has 0 unspecified atom stereocenters. The van der Waals surface area contributed by atoms with Crippen LogP contribution in [0.25, 0.3) is 0 Å². The molecule has 0 aliphatic carbocycles. The molecule has 0 heterocycles. The number of nitrogens with one attached hydrogen (secondary N) is 1. The minimum absolute atomic E-state index is 0.0221. The molecule has 5 nitrogen and oxygen atoms in total. The summed E-state index contributed by atoms with van der Waals surface area (Å²) in [5.74, 6) is -0.478. The second kappa shape index (κ2) is 9.86. The standard InChI is InChI=1S/C20H31NO4S/c1-13(2)26-17(16-11-9-8-10-12-16)15(4)24-18(22)14(3)21-19(23)25-20(5,6)7/h8-15,17H,1-7H3,(H,21,23)/t14-,15-,17-/m0/s1. The highest BCUT2D eigenvalue weighted by Crippen LogP contribution is 2.36. The Labute approximate surface area is 161 Å². The fourth-order valence-electron chi connectivity index (χ4n) is 2.29. The predicted octanol–water partition coefficient (Wildman–Crippen LogP) is 4.71. The fourth-order valence-corrected chi connectivity index (χ4v) is 3.46. The van der Waals surface area contributed by atoms with Crippen molar-refractivity contribution in [3.8, 4) is 0 Å². The smallest absolute Gasteiger partial charge is 0.408 e. The van der Waals surface area contributed by atoms with Crippen LogP contribution >= 0.6 is 11.8 Å². The van der Waals surface area contributed by atoms with E-state index >= 15 is 0 Å². The Morgan fingerprint density at radius 2 is 1.62 bits per heavy atom. The van der Waals surface area contributed by atoms with Gasteiger partial charge in [0.1, 0.15) is 17.7 Å². The third kappa shape index (κ3) is 8.13. The first-order valence-electron chi connectivity index (χ1n) is 8.90. The lowest BCUT2D eigenvalue weighted by Crippen LogP contribution is -2.43. The van der Waals surface area contributed by atoms with Gasteiger partial charge in [-0.2, -0.15) is 0 Å². The van der Waals surface area contributed by atoms with Crippen LogP contribution in [0.3, 0.4) is 0 Å². The summed E-state index contributed by atoms with van der Waals surface area (Å²) < 4.78 is 10.8. The molecule has 146 valence electrons. The Bertz CT molecular complexity index is 583. The number of thioether (sulfide) groups is 1. The van der Waals surface area contributed by atoms with E-state index in [1.165, 1.54) is 0 Å². The quantitative estimate of drug-likeness (QED) is 0.693. The van der Waals surface area contributed by atoms with Gasteiger partial charge < -0.3 is 14.8 Å². The van der Waals surface area contributed by atoms with E-state index in [2.05, 4.69) is 19.2 Å². The topological polar surface area (TPSA) is 64.6 Å². The Kier molecular flexibility index (Phi) is 8.47. The molecule has 3 atom stereocenters. The van der Waals surface area contributed by atoms with E-state index in [0.29, 0.717) is 5.25 Å². The molecule has 0 aliphatic heterocycles. The van der Waals surface area contributed by atoms with Crippen molar-refractivity contribution in [2.45, 2.75) is 76.7 Å². The van der Waals surface area contributed by atoms with Crippen molar-refractivity contribution in [2.24, 2.45) is 0 Å². The molecule has 0 radical (unpaired) electrons. The fraction of sp³-hybridized carbons (Fsp3) is 0.600. The van der Waals surface area contributed by atoms with Crippen molar-refractivity contribution < 1.29 is 19.1 Å². The Morgan fingerprint density at radius 3 is 2.12 bits per heavy atom. The van der Waals surface area contributed by atoms with E-state index in [4.69, 9.17) is 9.47 Å². The largest absolute Gasteiger partial charge is 0.460 e. The maximum absolute atomic E-state index is 12.4. The van der Waals surface area contributed by atoms with Crippen molar-refractivity contribution in [2.75, 3.05) is 0 Å². The van der Waals surface area contributed by atoms with E-state index in [0.717, 1.165) is 5.56 Å². The number of hydrogen-bond donors (Lipinski definition) is 1. The van der Waals surface area contributed by atoms with Gasteiger partial charge in [0.15, 0.2) is 0 Å². The predicted molar refractivity (Wildman–Crippen MR) is 106 cm³/mol. The molecule has 1 rings (SSSR count). The van der Waals surface area contributed by atoms with Gasteiger partial charge in [0, 0.05) is 0 Å². The van der Waals surface area contributed by atoms with Crippen molar-refractivity contribution in [3.05, 3.63) is 35.9 Å². The first kappa shape index (κ1) is 22.4. The summed E-state index contributed by atoms with van der Waals surface area (Å²) in [5, 5.41) is 2.93. The van der Waals surface area contributed by atoms with Crippen molar-refractivity contribution in [1.29, 1.82) is 0 Å². The van der Waals surface area contributed by atoms with Crippen LogP contribution in [-0.2, 0) is 14.3 Å². The van der Waals surface area contributed by atoms with E-state index in [9.17, 15) is 9.59 Å². The number of carbonyl (C=O) groups is 2. The number of carbonyl (C=O) groups excluding carboxylic acids is 2. The lowest BCUT2D eigenvalue weighted by atomic mass is 10.1. The number of hydrogen-bond acceptors (Lipinski definition) is 5. The summed E-state index contributed by atoms with van der Waals surface area (Å²) in [6.45, 7) is 13.0. The first-order chi connectivity index (χ1) is 12.0. The number of amides is 1. The first-order valence-corrected chi connectivity index (χ1v) is 9.84. The molecule has 0 saturated carbocycles. The Balaban J connectivity index is 2.71. The number of esters is 1. The molecule has 1 aromatic rings. The van der Waals surface area contributed by atoms with Crippen molar-refractivity contribution in [3.63, 3.8) is 0 Å². The number of rotatable bonds is 7. The van der Waals surface area contributed by atoms with Crippen LogP contribution in [0.2, 0.25) is 0 Å². The third-order valence-electron chi connectivity index (χ3n) is 3.36. The highest BCUT2D eigenvalue weighted by atomic mass is 32.2. The molecule has 0 saturated heterocycles. The molecule has 0 bridgehead atoms. The summed E-state index contributed by atoms with van der Waals surface area (Å²) in [5.41, 5.74) is 0.493. The monoisotopic (exact) mass is 381 g/mol. The van der Waals surface area contributed by atoms with E-state index < -0.39 is 23.7 Å². The van der Waals surface area contributed by atoms with Gasteiger partial charge >= 0.3 is 12.1 Å². The molecule has 26 heavy (non-hydrogen) atoms. The Hall–Kier alpha value is -1.69. The van der Waals surface area contributed by atoms with E-state index in [-0.39, 0.29) is 11.4 Å². The average molecular weight is 382 g/mol. The molecule has 6 heteroatoms. The summed E-state index contributed by atoms with van der Waals surface area (Å²) in [6.07, 6.45) is -0.967. The second-order valence-electron chi connectivity index (χ2n) is 7.53. The van der Waals surface area contributed by atoms with E-state index in [1.54, 1.807) is 39.5 Å². The number of alkyl carbamates (subject to hydrolysis) is 1. The maximum atomic E-state index is 12.4. The second-order valence-corrected chi connectivity index (χ2v) is 9.25. The Morgan fingerprint density at radius 1 is 1.04 bits per heavy atom. The molecule has 0 aromatic heterocycles. The van der Waals surface area contributed by atoms with Gasteiger partial charge in [0.25, 0.3) is 0 Å². The molecule has 1 amide bonds. The molecule has 1 aromatic carbocycles. The van der Waals surface area contributed by atoms with E-state index in [1.807, 2.05) is 37.3 Å². The van der Waals surface area contributed by atoms with Crippen LogP contribution in [-0.4, -0.2) is 35.1 Å². The van der Waals surface area contributed by atoms with Crippen molar-refractivity contribution >= 4 is 23.8 Å². The summed E-state index contributed by atoms with van der Waals surface area (Å²) in [6, 6.07) is 9.20. The van der Waals surface area contributed by atoms with Crippen LogP contribution < -0.4 is 5.32 Å². The van der Waals surface area contributed by atoms with Crippen LogP contribution in [0.4, 0.5) is 4.79 Å². The van der Waals surface area contributed by atoms with Crippen LogP contribution in [0.5, 0.6) is 0 Å². The molecular formula is C20H31NO4S. The highest BCUT2D eigenvalue weighted by Gasteiger charge is 2.28. The van der Waals surface area contributed by atoms with Gasteiger partial charge in [-0.15, -0.1) is 11.8 Å². The zero-order valence-electron chi connectivity index (χ0n) is 16.7. The third-order valence-corrected chi connectivity index (χ3v) is 4.86. The molecule has 0 spiro atoms. The van der Waals surface area contributed by atoms with Crippen LogP contribution in [0.1, 0.15) is 59.3 Å². The van der Waals surface area contributed by atoms with Crippen LogP contribution in [0.15, 0.2) is 30.3 Å². The molecule has 0 aliphatic rings. The normalized spacial score (nSPS) is 15.1. The van der Waals surface area contributed by atoms with Gasteiger partial charge in [0.05, 0.1) is 5.25 Å². The number of ether oxygens (including phenoxy) is 2. The average Bonchev–Trinajstić information content (AvgIpc) is 2.51. The maximum Gasteiger partial charge on any atom is 0.408 e. The zero-order chi connectivity index (χ0) is 19.9. The minimum atomic E-state index is -0.784. The lowest BCUT2D eigenvalue weighted by molar-refractivity contribution is -0.150. The van der Waals surface area contributed by atoms with Gasteiger partial charge in [-0.1, -0.05) is 44.2 Å². The SMILES string of the molecule is CC(C)S[C@H](c1ccccc1)[C@H](C)OC(=O)[C@H](C)NC(=O)OC(C)(C)C. The molecular weight excluding hydrogens is 350 g/mol. The van der Waals surface area contributed by atoms with Crippen LogP contribution in [0, 0.1) is 0 Å². The van der Waals surface area contributed by atoms with Crippen molar-refractivity contribution in [1.82, 2.24) is 5.32 Å².